The number of carbonyl (C=O) groups excluding carboxylic acids is 1. The third-order valence-corrected chi connectivity index (χ3v) is 4.37. The number of rotatable bonds is 2. The zero-order valence-electron chi connectivity index (χ0n) is 10.8. The lowest BCUT2D eigenvalue weighted by Crippen LogP contribution is -2.28. The van der Waals surface area contributed by atoms with Crippen molar-refractivity contribution >= 4 is 11.6 Å². The molecule has 0 aromatic heterocycles. The molecular weight excluding hydrogens is 242 g/mol. The van der Waals surface area contributed by atoms with Crippen molar-refractivity contribution in [3.63, 3.8) is 0 Å². The SMILES string of the molecule is O=C(Nc1c2c(cc3c1OCC3)OCC2)C1CCC1. The van der Waals surface area contributed by atoms with Crippen molar-refractivity contribution < 1.29 is 14.3 Å². The fourth-order valence-electron chi connectivity index (χ4n) is 3.01. The van der Waals surface area contributed by atoms with Gasteiger partial charge in [0.1, 0.15) is 11.5 Å². The van der Waals surface area contributed by atoms with Gasteiger partial charge in [-0.1, -0.05) is 6.42 Å². The molecule has 0 radical (unpaired) electrons. The van der Waals surface area contributed by atoms with Crippen LogP contribution in [0.1, 0.15) is 30.4 Å². The first-order valence-electron chi connectivity index (χ1n) is 7.08. The first-order chi connectivity index (χ1) is 9.33. The minimum Gasteiger partial charge on any atom is -0.493 e. The van der Waals surface area contributed by atoms with Crippen molar-refractivity contribution in [2.45, 2.75) is 32.1 Å². The maximum absolute atomic E-state index is 12.2. The predicted molar refractivity (Wildman–Crippen MR) is 70.8 cm³/mol. The average molecular weight is 259 g/mol. The zero-order chi connectivity index (χ0) is 12.8. The number of carbonyl (C=O) groups is 1. The summed E-state index contributed by atoms with van der Waals surface area (Å²) in [6.45, 7) is 1.40. The lowest BCUT2D eigenvalue weighted by molar-refractivity contribution is -0.122. The molecule has 1 amide bonds. The van der Waals surface area contributed by atoms with Crippen LogP contribution in [0.4, 0.5) is 5.69 Å². The molecule has 0 saturated heterocycles. The smallest absolute Gasteiger partial charge is 0.227 e. The van der Waals surface area contributed by atoms with Crippen LogP contribution in [-0.4, -0.2) is 19.1 Å². The predicted octanol–water partition coefficient (Wildman–Crippen LogP) is 2.30. The van der Waals surface area contributed by atoms with E-state index < -0.39 is 0 Å². The van der Waals surface area contributed by atoms with E-state index in [1.54, 1.807) is 0 Å². The molecule has 2 heterocycles. The van der Waals surface area contributed by atoms with E-state index >= 15 is 0 Å². The van der Waals surface area contributed by atoms with Gasteiger partial charge >= 0.3 is 0 Å². The maximum Gasteiger partial charge on any atom is 0.227 e. The summed E-state index contributed by atoms with van der Waals surface area (Å²) in [5, 5.41) is 3.10. The highest BCUT2D eigenvalue weighted by molar-refractivity contribution is 5.96. The van der Waals surface area contributed by atoms with Crippen LogP contribution in [0, 0.1) is 5.92 Å². The molecule has 1 fully saturated rings. The molecule has 1 aromatic carbocycles. The number of benzene rings is 1. The number of anilines is 1. The Hall–Kier alpha value is -1.71. The van der Waals surface area contributed by atoms with Gasteiger partial charge in [-0.3, -0.25) is 4.79 Å². The van der Waals surface area contributed by atoms with E-state index in [9.17, 15) is 4.79 Å². The largest absolute Gasteiger partial charge is 0.493 e. The van der Waals surface area contributed by atoms with Crippen LogP contribution >= 0.6 is 0 Å². The molecule has 3 aliphatic rings. The molecule has 100 valence electrons. The van der Waals surface area contributed by atoms with Gasteiger partial charge in [-0.05, 0) is 18.9 Å². The fraction of sp³-hybridized carbons (Fsp3) is 0.533. The second kappa shape index (κ2) is 4.15. The van der Waals surface area contributed by atoms with E-state index in [1.165, 1.54) is 6.42 Å². The summed E-state index contributed by atoms with van der Waals surface area (Å²) in [4.78, 5) is 12.2. The highest BCUT2D eigenvalue weighted by atomic mass is 16.5. The Labute approximate surface area is 112 Å². The number of hydrogen-bond donors (Lipinski definition) is 1. The Bertz CT molecular complexity index is 517. The lowest BCUT2D eigenvalue weighted by Gasteiger charge is -2.25. The molecule has 4 nitrogen and oxygen atoms in total. The molecule has 19 heavy (non-hydrogen) atoms. The molecule has 0 atom stereocenters. The molecule has 1 N–H and O–H groups in total. The molecule has 0 unspecified atom stereocenters. The summed E-state index contributed by atoms with van der Waals surface area (Å²) < 4.78 is 11.4. The normalized spacial score (nSPS) is 20.0. The maximum atomic E-state index is 12.2. The molecule has 2 aliphatic heterocycles. The summed E-state index contributed by atoms with van der Waals surface area (Å²) >= 11 is 0. The van der Waals surface area contributed by atoms with Crippen molar-refractivity contribution in [1.29, 1.82) is 0 Å². The topological polar surface area (TPSA) is 47.6 Å². The third-order valence-electron chi connectivity index (χ3n) is 4.37. The Morgan fingerprint density at radius 2 is 2.05 bits per heavy atom. The average Bonchev–Trinajstić information content (AvgIpc) is 2.93. The van der Waals surface area contributed by atoms with Gasteiger partial charge in [0, 0.05) is 29.9 Å². The standard InChI is InChI=1S/C15H17NO3/c17-15(9-2-1-3-9)16-13-11-5-7-18-12(11)8-10-4-6-19-14(10)13/h8-9H,1-7H2,(H,16,17). The van der Waals surface area contributed by atoms with E-state index in [2.05, 4.69) is 11.4 Å². The molecular formula is C15H17NO3. The van der Waals surface area contributed by atoms with E-state index in [1.807, 2.05) is 0 Å². The summed E-state index contributed by atoms with van der Waals surface area (Å²) in [6, 6.07) is 2.07. The van der Waals surface area contributed by atoms with Crippen LogP contribution in [0.25, 0.3) is 0 Å². The van der Waals surface area contributed by atoms with E-state index in [0.717, 1.165) is 54.0 Å². The number of amides is 1. The van der Waals surface area contributed by atoms with Crippen molar-refractivity contribution in [2.24, 2.45) is 5.92 Å². The van der Waals surface area contributed by atoms with Gasteiger partial charge in [-0.2, -0.15) is 0 Å². The van der Waals surface area contributed by atoms with Gasteiger partial charge in [-0.15, -0.1) is 0 Å². The first-order valence-corrected chi connectivity index (χ1v) is 7.08. The molecule has 4 rings (SSSR count). The summed E-state index contributed by atoms with van der Waals surface area (Å²) in [6.07, 6.45) is 4.95. The second-order valence-electron chi connectivity index (χ2n) is 5.53. The van der Waals surface area contributed by atoms with Crippen LogP contribution < -0.4 is 14.8 Å². The third kappa shape index (κ3) is 1.70. The van der Waals surface area contributed by atoms with E-state index in [0.29, 0.717) is 13.2 Å². The summed E-state index contributed by atoms with van der Waals surface area (Å²) in [5.41, 5.74) is 3.14. The van der Waals surface area contributed by atoms with Crippen molar-refractivity contribution in [3.8, 4) is 11.5 Å². The van der Waals surface area contributed by atoms with Crippen LogP contribution in [0.3, 0.4) is 0 Å². The second-order valence-corrected chi connectivity index (χ2v) is 5.53. The Morgan fingerprint density at radius 1 is 1.21 bits per heavy atom. The van der Waals surface area contributed by atoms with E-state index in [-0.39, 0.29) is 11.8 Å². The number of fused-ring (bicyclic) bond motifs is 2. The van der Waals surface area contributed by atoms with Gasteiger partial charge in [0.25, 0.3) is 0 Å². The number of nitrogens with one attached hydrogen (secondary N) is 1. The highest BCUT2D eigenvalue weighted by Gasteiger charge is 2.31. The number of ether oxygens (including phenoxy) is 2. The minimum atomic E-state index is 0.143. The Balaban J connectivity index is 1.71. The van der Waals surface area contributed by atoms with Crippen molar-refractivity contribution in [1.82, 2.24) is 0 Å². The van der Waals surface area contributed by atoms with Gasteiger partial charge in [0.15, 0.2) is 0 Å². The summed E-state index contributed by atoms with van der Waals surface area (Å²) in [5.74, 6) is 2.13. The zero-order valence-corrected chi connectivity index (χ0v) is 10.8. The van der Waals surface area contributed by atoms with Crippen molar-refractivity contribution in [3.05, 3.63) is 17.2 Å². The quantitative estimate of drug-likeness (QED) is 0.886. The van der Waals surface area contributed by atoms with E-state index in [4.69, 9.17) is 9.47 Å². The van der Waals surface area contributed by atoms with Gasteiger partial charge in [-0.25, -0.2) is 0 Å². The first kappa shape index (κ1) is 11.1. The van der Waals surface area contributed by atoms with Crippen LogP contribution in [-0.2, 0) is 17.6 Å². The van der Waals surface area contributed by atoms with Crippen molar-refractivity contribution in [2.75, 3.05) is 18.5 Å². The Kier molecular flexibility index (Phi) is 2.43. The van der Waals surface area contributed by atoms with Gasteiger partial charge in [0.05, 0.1) is 18.9 Å². The molecule has 0 spiro atoms. The fourth-order valence-corrected chi connectivity index (χ4v) is 3.01. The van der Waals surface area contributed by atoms with Crippen LogP contribution in [0.5, 0.6) is 11.5 Å². The van der Waals surface area contributed by atoms with Gasteiger partial charge in [0.2, 0.25) is 5.91 Å². The number of hydrogen-bond acceptors (Lipinski definition) is 3. The monoisotopic (exact) mass is 259 g/mol. The Morgan fingerprint density at radius 3 is 2.84 bits per heavy atom. The van der Waals surface area contributed by atoms with Crippen LogP contribution in [0.2, 0.25) is 0 Å². The molecule has 1 aliphatic carbocycles. The molecule has 1 aromatic rings. The summed E-state index contributed by atoms with van der Waals surface area (Å²) in [7, 11) is 0. The highest BCUT2D eigenvalue weighted by Crippen LogP contribution is 2.44. The molecule has 1 saturated carbocycles. The molecule has 0 bridgehead atoms. The lowest BCUT2D eigenvalue weighted by atomic mass is 9.84. The van der Waals surface area contributed by atoms with Gasteiger partial charge < -0.3 is 14.8 Å². The van der Waals surface area contributed by atoms with Crippen LogP contribution in [0.15, 0.2) is 6.07 Å². The molecule has 4 heteroatoms. The minimum absolute atomic E-state index is 0.143.